The van der Waals surface area contributed by atoms with Crippen molar-refractivity contribution in [1.82, 2.24) is 4.57 Å². The van der Waals surface area contributed by atoms with Gasteiger partial charge < -0.3 is 4.57 Å². The molecule has 0 spiro atoms. The van der Waals surface area contributed by atoms with Crippen LogP contribution in [0.4, 0.5) is 0 Å². The summed E-state index contributed by atoms with van der Waals surface area (Å²) >= 11 is 0. The normalized spacial score (nSPS) is 12.5. The van der Waals surface area contributed by atoms with Crippen LogP contribution in [-0.4, -0.2) is 4.57 Å². The van der Waals surface area contributed by atoms with Gasteiger partial charge >= 0.3 is 0 Å². The van der Waals surface area contributed by atoms with Crippen LogP contribution in [0.3, 0.4) is 0 Å². The molecular weight excluding hydrogens is 278 g/mol. The highest BCUT2D eigenvalue weighted by Gasteiger charge is 2.20. The molecule has 1 aromatic heterocycles. The van der Waals surface area contributed by atoms with Crippen LogP contribution in [0.5, 0.6) is 0 Å². The van der Waals surface area contributed by atoms with Crippen LogP contribution in [0.15, 0.2) is 36.4 Å². The summed E-state index contributed by atoms with van der Waals surface area (Å²) in [7, 11) is 0. The van der Waals surface area contributed by atoms with Gasteiger partial charge in [0.1, 0.15) is 0 Å². The summed E-state index contributed by atoms with van der Waals surface area (Å²) in [4.78, 5) is 0. The molecule has 0 amide bonds. The topological polar surface area (TPSA) is 4.93 Å². The highest BCUT2D eigenvalue weighted by atomic mass is 15.0. The zero-order chi connectivity index (χ0) is 16.7. The van der Waals surface area contributed by atoms with Crippen molar-refractivity contribution in [2.75, 3.05) is 0 Å². The Morgan fingerprint density at radius 3 is 2.26 bits per heavy atom. The maximum absolute atomic E-state index is 2.40. The molecule has 3 rings (SSSR count). The molecule has 0 radical (unpaired) electrons. The summed E-state index contributed by atoms with van der Waals surface area (Å²) < 4.78 is 2.35. The molecule has 0 aliphatic heterocycles. The lowest BCUT2D eigenvalue weighted by Gasteiger charge is -2.19. The summed E-state index contributed by atoms with van der Waals surface area (Å²) in [6, 6.07) is 11.2. The summed E-state index contributed by atoms with van der Waals surface area (Å²) in [6.07, 6.45) is 4.31. The summed E-state index contributed by atoms with van der Waals surface area (Å²) in [5.41, 5.74) is 7.07. The van der Waals surface area contributed by atoms with Crippen molar-refractivity contribution in [1.29, 1.82) is 0 Å². The number of nitrogens with zero attached hydrogens (tertiary/aromatic N) is 1. The molecule has 120 valence electrons. The summed E-state index contributed by atoms with van der Waals surface area (Å²) in [5, 5.41) is 2.79. The van der Waals surface area contributed by atoms with Gasteiger partial charge in [0.15, 0.2) is 0 Å². The lowest BCUT2D eigenvalue weighted by Crippen LogP contribution is -2.01. The van der Waals surface area contributed by atoms with E-state index in [2.05, 4.69) is 88.7 Å². The molecule has 0 aliphatic carbocycles. The smallest absolute Gasteiger partial charge is 0.0540 e. The largest absolute Gasteiger partial charge is 0.316 e. The van der Waals surface area contributed by atoms with E-state index in [1.54, 1.807) is 0 Å². The molecule has 3 aromatic rings. The van der Waals surface area contributed by atoms with Crippen molar-refractivity contribution in [2.24, 2.45) is 0 Å². The number of rotatable bonds is 3. The molecule has 1 heteroatoms. The predicted octanol–water partition coefficient (Wildman–Crippen LogP) is 6.84. The van der Waals surface area contributed by atoms with E-state index in [4.69, 9.17) is 0 Å². The first-order chi connectivity index (χ1) is 11.0. The fourth-order valence-electron chi connectivity index (χ4n) is 3.94. The van der Waals surface area contributed by atoms with Crippen LogP contribution in [0, 0.1) is 6.92 Å². The van der Waals surface area contributed by atoms with Crippen molar-refractivity contribution in [3.63, 3.8) is 0 Å². The second kappa shape index (κ2) is 5.88. The van der Waals surface area contributed by atoms with E-state index in [9.17, 15) is 0 Å². The minimum atomic E-state index is 0.515. The third-order valence-electron chi connectivity index (χ3n) is 4.84. The van der Waals surface area contributed by atoms with Gasteiger partial charge in [-0.2, -0.15) is 0 Å². The van der Waals surface area contributed by atoms with Crippen LogP contribution >= 0.6 is 0 Å². The third-order valence-corrected chi connectivity index (χ3v) is 4.84. The number of para-hydroxylation sites is 1. The molecule has 2 aromatic carbocycles. The molecular formula is C22H27N. The van der Waals surface area contributed by atoms with Gasteiger partial charge in [0.2, 0.25) is 0 Å². The first-order valence-corrected chi connectivity index (χ1v) is 8.66. The highest BCUT2D eigenvalue weighted by Crippen LogP contribution is 2.40. The maximum Gasteiger partial charge on any atom is 0.0540 e. The zero-order valence-corrected chi connectivity index (χ0v) is 15.1. The first kappa shape index (κ1) is 15.9. The van der Waals surface area contributed by atoms with Gasteiger partial charge in [-0.15, -0.1) is 0 Å². The van der Waals surface area contributed by atoms with E-state index >= 15 is 0 Å². The number of fused-ring (bicyclic) bond motifs is 3. The lowest BCUT2D eigenvalue weighted by atomic mass is 9.86. The Hall–Kier alpha value is -2.02. The molecule has 1 heterocycles. The average Bonchev–Trinajstić information content (AvgIpc) is 2.81. The quantitative estimate of drug-likeness (QED) is 0.499. The third kappa shape index (κ3) is 2.39. The van der Waals surface area contributed by atoms with E-state index in [0.29, 0.717) is 11.8 Å². The van der Waals surface area contributed by atoms with E-state index in [1.165, 1.54) is 38.5 Å². The SMILES string of the molecule is C/C=C/n1c2ccccc2c2c(C(C)C)c(C)c(C(C)C)cc21. The maximum atomic E-state index is 2.40. The van der Waals surface area contributed by atoms with E-state index in [0.717, 1.165) is 0 Å². The number of benzene rings is 2. The van der Waals surface area contributed by atoms with Crippen LogP contribution in [0.2, 0.25) is 0 Å². The molecule has 0 aliphatic rings. The average molecular weight is 305 g/mol. The van der Waals surface area contributed by atoms with Crippen LogP contribution in [-0.2, 0) is 0 Å². The van der Waals surface area contributed by atoms with Crippen molar-refractivity contribution in [3.05, 3.63) is 53.1 Å². The monoisotopic (exact) mass is 305 g/mol. The summed E-state index contributed by atoms with van der Waals surface area (Å²) in [6.45, 7) is 13.6. The van der Waals surface area contributed by atoms with Gasteiger partial charge in [-0.3, -0.25) is 0 Å². The molecule has 23 heavy (non-hydrogen) atoms. The Morgan fingerprint density at radius 2 is 1.65 bits per heavy atom. The molecule has 0 saturated carbocycles. The zero-order valence-electron chi connectivity index (χ0n) is 15.1. The predicted molar refractivity (Wildman–Crippen MR) is 103 cm³/mol. The minimum Gasteiger partial charge on any atom is -0.316 e. The molecule has 0 unspecified atom stereocenters. The highest BCUT2D eigenvalue weighted by molar-refractivity contribution is 6.11. The minimum absolute atomic E-state index is 0.515. The van der Waals surface area contributed by atoms with Gasteiger partial charge in [0, 0.05) is 17.0 Å². The second-order valence-electron chi connectivity index (χ2n) is 7.08. The Bertz CT molecular complexity index is 891. The van der Waals surface area contributed by atoms with Gasteiger partial charge in [0.05, 0.1) is 11.0 Å². The van der Waals surface area contributed by atoms with Crippen LogP contribution in [0.1, 0.15) is 63.1 Å². The van der Waals surface area contributed by atoms with Gasteiger partial charge in [0.25, 0.3) is 0 Å². The number of hydrogen-bond donors (Lipinski definition) is 0. The first-order valence-electron chi connectivity index (χ1n) is 8.66. The van der Waals surface area contributed by atoms with Gasteiger partial charge in [-0.05, 0) is 54.5 Å². The number of hydrogen-bond acceptors (Lipinski definition) is 0. The summed E-state index contributed by atoms with van der Waals surface area (Å²) in [5.74, 6) is 1.05. The fourth-order valence-corrected chi connectivity index (χ4v) is 3.94. The molecule has 0 atom stereocenters. The van der Waals surface area contributed by atoms with Crippen LogP contribution in [0.25, 0.3) is 28.0 Å². The Kier molecular flexibility index (Phi) is 4.06. The standard InChI is InChI=1S/C22H27N/c1-7-12-23-19-11-9-8-10-17(19)22-20(23)13-18(14(2)3)16(6)21(22)15(4)5/h7-15H,1-6H3/b12-7+. The van der Waals surface area contributed by atoms with E-state index < -0.39 is 0 Å². The van der Waals surface area contributed by atoms with Gasteiger partial charge in [-0.25, -0.2) is 0 Å². The molecule has 0 fully saturated rings. The van der Waals surface area contributed by atoms with Crippen molar-refractivity contribution < 1.29 is 0 Å². The van der Waals surface area contributed by atoms with Crippen LogP contribution < -0.4 is 0 Å². The molecule has 0 bridgehead atoms. The molecule has 1 nitrogen and oxygen atoms in total. The van der Waals surface area contributed by atoms with E-state index in [-0.39, 0.29) is 0 Å². The van der Waals surface area contributed by atoms with Crippen molar-refractivity contribution in [2.45, 2.75) is 53.4 Å². The number of allylic oxidation sites excluding steroid dienone is 1. The Balaban J connectivity index is 2.61. The fraction of sp³-hybridized carbons (Fsp3) is 0.364. The van der Waals surface area contributed by atoms with E-state index in [1.807, 2.05) is 0 Å². The lowest BCUT2D eigenvalue weighted by molar-refractivity contribution is 0.825. The number of aromatic nitrogens is 1. The second-order valence-corrected chi connectivity index (χ2v) is 7.08. The molecule has 0 N–H and O–H groups in total. The Morgan fingerprint density at radius 1 is 0.957 bits per heavy atom. The Labute approximate surface area is 139 Å². The van der Waals surface area contributed by atoms with Crippen molar-refractivity contribution >= 4 is 28.0 Å². The van der Waals surface area contributed by atoms with Gasteiger partial charge in [-0.1, -0.05) is 52.0 Å². The molecule has 0 saturated heterocycles. The van der Waals surface area contributed by atoms with Crippen molar-refractivity contribution in [3.8, 4) is 0 Å².